The van der Waals surface area contributed by atoms with Crippen molar-refractivity contribution in [1.82, 2.24) is 0 Å². The summed E-state index contributed by atoms with van der Waals surface area (Å²) >= 11 is 0. The average Bonchev–Trinajstić information content (AvgIpc) is 3.16. The molecule has 17 heteroatoms. The minimum Gasteiger partial charge on any atom is -0.744 e. The van der Waals surface area contributed by atoms with E-state index in [1.165, 1.54) is 48.5 Å². The molecule has 0 fully saturated rings. The van der Waals surface area contributed by atoms with Crippen LogP contribution in [0, 0.1) is 0 Å². The van der Waals surface area contributed by atoms with Crippen molar-refractivity contribution >= 4 is 83.6 Å². The number of fused-ring (bicyclic) bond motifs is 4. The molecule has 57 heavy (non-hydrogen) atoms. The standard InChI is InChI=1S/4C10H8O3S.Zr/c4*11-14(12,13)10-6-5-8-3-1-2-4-9(8)7-10;/h4*1-7H,(H,11,12,13);/q;;;;+4/p-4. The van der Waals surface area contributed by atoms with E-state index in [2.05, 4.69) is 0 Å². The number of hydrogen-bond acceptors (Lipinski definition) is 12. The Morgan fingerprint density at radius 2 is 0.404 bits per heavy atom. The molecule has 0 unspecified atom stereocenters. The maximum Gasteiger partial charge on any atom is 4.00 e. The molecule has 0 atom stereocenters. The summed E-state index contributed by atoms with van der Waals surface area (Å²) in [7, 11) is -17.4. The van der Waals surface area contributed by atoms with Crippen LogP contribution in [-0.4, -0.2) is 51.9 Å². The second-order valence-corrected chi connectivity index (χ2v) is 17.4. The van der Waals surface area contributed by atoms with Crippen LogP contribution in [0.5, 0.6) is 0 Å². The molecule has 0 saturated heterocycles. The van der Waals surface area contributed by atoms with E-state index < -0.39 is 40.5 Å². The summed E-state index contributed by atoms with van der Waals surface area (Å²) in [5, 5.41) is 6.68. The molecule has 0 saturated carbocycles. The fraction of sp³-hybridized carbons (Fsp3) is 0. The molecule has 0 amide bonds. The number of benzene rings is 8. The van der Waals surface area contributed by atoms with Crippen LogP contribution in [0.3, 0.4) is 0 Å². The van der Waals surface area contributed by atoms with E-state index in [0.29, 0.717) is 0 Å². The van der Waals surface area contributed by atoms with E-state index in [0.717, 1.165) is 43.1 Å². The maximum absolute atomic E-state index is 10.7. The van der Waals surface area contributed by atoms with Crippen molar-refractivity contribution in [1.29, 1.82) is 0 Å². The van der Waals surface area contributed by atoms with Crippen molar-refractivity contribution in [2.75, 3.05) is 0 Å². The first-order valence-electron chi connectivity index (χ1n) is 16.1. The van der Waals surface area contributed by atoms with Gasteiger partial charge in [0.2, 0.25) is 0 Å². The minimum atomic E-state index is -4.34. The number of hydrogen-bond donors (Lipinski definition) is 0. The van der Waals surface area contributed by atoms with Gasteiger partial charge in [0.1, 0.15) is 40.5 Å². The second-order valence-electron chi connectivity index (χ2n) is 11.9. The quantitative estimate of drug-likeness (QED) is 0.163. The maximum atomic E-state index is 10.7. The summed E-state index contributed by atoms with van der Waals surface area (Å²) in [6.45, 7) is 0. The van der Waals surface area contributed by atoms with Crippen LogP contribution < -0.4 is 0 Å². The van der Waals surface area contributed by atoms with Gasteiger partial charge in [0.25, 0.3) is 0 Å². The van der Waals surface area contributed by atoms with Gasteiger partial charge in [-0.2, -0.15) is 0 Å². The van der Waals surface area contributed by atoms with Crippen molar-refractivity contribution in [3.05, 3.63) is 170 Å². The van der Waals surface area contributed by atoms with Crippen molar-refractivity contribution < 1.29 is 78.1 Å². The Bertz CT molecular complexity index is 2730. The molecule has 288 valence electrons. The fourth-order valence-corrected chi connectivity index (χ4v) is 7.32. The molecule has 8 aromatic rings. The molecule has 0 bridgehead atoms. The molecule has 8 rings (SSSR count). The summed E-state index contributed by atoms with van der Waals surface area (Å²) in [5.41, 5.74) is 0. The molecular formula is C40H28O12S4Zr. The largest absolute Gasteiger partial charge is 4.00 e. The van der Waals surface area contributed by atoms with Gasteiger partial charge in [-0.05, 0) is 91.6 Å². The summed E-state index contributed by atoms with van der Waals surface area (Å²) < 4.78 is 129. The molecule has 0 spiro atoms. The van der Waals surface area contributed by atoms with Gasteiger partial charge in [0, 0.05) is 0 Å². The number of rotatable bonds is 4. The van der Waals surface area contributed by atoms with Gasteiger partial charge in [-0.3, -0.25) is 0 Å². The molecule has 12 nitrogen and oxygen atoms in total. The molecule has 0 aliphatic heterocycles. The molecule has 8 aromatic carbocycles. The molecule has 0 heterocycles. The Kier molecular flexibility index (Phi) is 14.8. The van der Waals surface area contributed by atoms with Gasteiger partial charge < -0.3 is 18.2 Å². The van der Waals surface area contributed by atoms with Crippen LogP contribution in [0.2, 0.25) is 0 Å². The van der Waals surface area contributed by atoms with E-state index in [9.17, 15) is 51.9 Å². The van der Waals surface area contributed by atoms with Gasteiger partial charge in [0.15, 0.2) is 0 Å². The molecular weight excluding hydrogens is 892 g/mol. The van der Waals surface area contributed by atoms with Crippen LogP contribution in [0.25, 0.3) is 43.1 Å². The predicted molar refractivity (Wildman–Crippen MR) is 208 cm³/mol. The first-order chi connectivity index (χ1) is 26.3. The Morgan fingerprint density at radius 3 is 0.561 bits per heavy atom. The Labute approximate surface area is 348 Å². The normalized spacial score (nSPS) is 11.6. The van der Waals surface area contributed by atoms with E-state index in [4.69, 9.17) is 0 Å². The van der Waals surface area contributed by atoms with Gasteiger partial charge >= 0.3 is 26.2 Å². The van der Waals surface area contributed by atoms with E-state index in [-0.39, 0.29) is 45.8 Å². The van der Waals surface area contributed by atoms with Gasteiger partial charge in [-0.25, -0.2) is 33.7 Å². The summed E-state index contributed by atoms with van der Waals surface area (Å²) in [5.74, 6) is 0. The Hall–Kier alpha value is -4.68. The Balaban J connectivity index is 0.000000167. The fourth-order valence-electron chi connectivity index (χ4n) is 5.29. The first kappa shape index (κ1) is 45.0. The van der Waals surface area contributed by atoms with Gasteiger partial charge in [0.05, 0.1) is 19.6 Å². The zero-order valence-electron chi connectivity index (χ0n) is 29.2. The van der Waals surface area contributed by atoms with Gasteiger partial charge in [-0.1, -0.05) is 121 Å². The van der Waals surface area contributed by atoms with Crippen molar-refractivity contribution in [2.24, 2.45) is 0 Å². The van der Waals surface area contributed by atoms with Crippen LogP contribution in [0.4, 0.5) is 0 Å². The van der Waals surface area contributed by atoms with Crippen LogP contribution in [0.15, 0.2) is 189 Å². The monoisotopic (exact) mass is 918 g/mol. The molecule has 0 radical (unpaired) electrons. The first-order valence-corrected chi connectivity index (χ1v) is 21.7. The van der Waals surface area contributed by atoms with E-state index >= 15 is 0 Å². The summed E-state index contributed by atoms with van der Waals surface area (Å²) in [4.78, 5) is -0.736. The van der Waals surface area contributed by atoms with Crippen molar-refractivity contribution in [2.45, 2.75) is 19.6 Å². The molecule has 0 N–H and O–H groups in total. The minimum absolute atomic E-state index is 0. The average molecular weight is 920 g/mol. The third-order valence-electron chi connectivity index (χ3n) is 8.04. The second kappa shape index (κ2) is 18.7. The SMILES string of the molecule is O=S(=O)([O-])c1ccc2ccccc2c1.O=S(=O)([O-])c1ccc2ccccc2c1.O=S(=O)([O-])c1ccc2ccccc2c1.O=S(=O)([O-])c1ccc2ccccc2c1.[Zr+4]. The zero-order valence-corrected chi connectivity index (χ0v) is 34.9. The molecule has 0 aliphatic carbocycles. The topological polar surface area (TPSA) is 229 Å². The molecule has 0 aromatic heterocycles. The van der Waals surface area contributed by atoms with Crippen LogP contribution >= 0.6 is 0 Å². The smallest absolute Gasteiger partial charge is 0.744 e. The van der Waals surface area contributed by atoms with Gasteiger partial charge in [-0.15, -0.1) is 0 Å². The van der Waals surface area contributed by atoms with E-state index in [1.54, 1.807) is 72.8 Å². The third kappa shape index (κ3) is 12.7. The molecule has 0 aliphatic rings. The Morgan fingerprint density at radius 1 is 0.246 bits per heavy atom. The predicted octanol–water partition coefficient (Wildman–Crippen LogP) is 6.97. The van der Waals surface area contributed by atoms with E-state index in [1.807, 2.05) is 48.5 Å². The van der Waals surface area contributed by atoms with Crippen molar-refractivity contribution in [3.63, 3.8) is 0 Å². The third-order valence-corrected chi connectivity index (χ3v) is 11.4. The van der Waals surface area contributed by atoms with Crippen molar-refractivity contribution in [3.8, 4) is 0 Å². The summed E-state index contributed by atoms with van der Waals surface area (Å²) in [6, 6.07) is 46.4. The van der Waals surface area contributed by atoms with Crippen LogP contribution in [-0.2, 0) is 66.7 Å². The summed E-state index contributed by atoms with van der Waals surface area (Å²) in [6.07, 6.45) is 0. The van der Waals surface area contributed by atoms with Crippen LogP contribution in [0.1, 0.15) is 0 Å². The zero-order chi connectivity index (χ0) is 40.7.